The second kappa shape index (κ2) is 9.44. The number of hydrogen-bond donors (Lipinski definition) is 1. The van der Waals surface area contributed by atoms with Crippen molar-refractivity contribution in [1.29, 1.82) is 0 Å². The quantitative estimate of drug-likeness (QED) is 0.618. The zero-order chi connectivity index (χ0) is 14.1. The average Bonchev–Trinajstić information content (AvgIpc) is 2.45. The maximum absolute atomic E-state index is 3.73. The summed E-state index contributed by atoms with van der Waals surface area (Å²) in [7, 11) is 0. The number of nitrogens with one attached hydrogen (secondary N) is 1. The molecule has 0 amide bonds. The van der Waals surface area contributed by atoms with Crippen molar-refractivity contribution in [3.63, 3.8) is 0 Å². The highest BCUT2D eigenvalue weighted by molar-refractivity contribution is 7.99. The van der Waals surface area contributed by atoms with Gasteiger partial charge >= 0.3 is 0 Å². The Balaban J connectivity index is 2.83. The number of benzene rings is 1. The lowest BCUT2D eigenvalue weighted by atomic mass is 9.89. The molecule has 1 aromatic carbocycles. The molecule has 1 N–H and O–H groups in total. The van der Waals surface area contributed by atoms with E-state index < -0.39 is 0 Å². The molecule has 1 nitrogen and oxygen atoms in total. The molecule has 0 fully saturated rings. The van der Waals surface area contributed by atoms with E-state index in [1.807, 2.05) is 11.8 Å². The third-order valence-corrected chi connectivity index (χ3v) is 4.58. The molecule has 0 heterocycles. The molecule has 0 aromatic heterocycles. The van der Waals surface area contributed by atoms with Crippen molar-refractivity contribution in [1.82, 2.24) is 5.32 Å². The maximum atomic E-state index is 3.73. The largest absolute Gasteiger partial charge is 0.310 e. The molecular weight excluding hydrogens is 250 g/mol. The van der Waals surface area contributed by atoms with Crippen molar-refractivity contribution in [2.45, 2.75) is 57.9 Å². The van der Waals surface area contributed by atoms with Crippen LogP contribution in [0.1, 0.15) is 58.6 Å². The van der Waals surface area contributed by atoms with Crippen LogP contribution < -0.4 is 5.32 Å². The Labute approximate surface area is 123 Å². The summed E-state index contributed by atoms with van der Waals surface area (Å²) >= 11 is 1.91. The van der Waals surface area contributed by atoms with Crippen LogP contribution in [-0.4, -0.2) is 12.3 Å². The van der Waals surface area contributed by atoms with E-state index in [-0.39, 0.29) is 0 Å². The van der Waals surface area contributed by atoms with Gasteiger partial charge < -0.3 is 5.32 Å². The molecule has 0 aliphatic heterocycles. The molecule has 1 rings (SSSR count). The second-order valence-electron chi connectivity index (χ2n) is 5.01. The Morgan fingerprint density at radius 3 is 2.11 bits per heavy atom. The van der Waals surface area contributed by atoms with Crippen molar-refractivity contribution in [2.24, 2.45) is 5.92 Å². The fourth-order valence-corrected chi connectivity index (χ4v) is 3.22. The molecule has 0 spiro atoms. The first-order valence-corrected chi connectivity index (χ1v) is 8.71. The lowest BCUT2D eigenvalue weighted by Crippen LogP contribution is -2.28. The van der Waals surface area contributed by atoms with Crippen LogP contribution in [-0.2, 0) is 0 Å². The molecule has 108 valence electrons. The van der Waals surface area contributed by atoms with Gasteiger partial charge in [-0.1, -0.05) is 52.7 Å². The lowest BCUT2D eigenvalue weighted by molar-refractivity contribution is 0.341. The van der Waals surface area contributed by atoms with Gasteiger partial charge in [0.15, 0.2) is 0 Å². The van der Waals surface area contributed by atoms with Crippen molar-refractivity contribution < 1.29 is 0 Å². The van der Waals surface area contributed by atoms with Crippen molar-refractivity contribution in [3.05, 3.63) is 29.8 Å². The van der Waals surface area contributed by atoms with Gasteiger partial charge in [0.2, 0.25) is 0 Å². The molecule has 1 aromatic rings. The average molecular weight is 279 g/mol. The van der Waals surface area contributed by atoms with Gasteiger partial charge in [0.05, 0.1) is 0 Å². The molecule has 19 heavy (non-hydrogen) atoms. The Morgan fingerprint density at radius 2 is 1.63 bits per heavy atom. The molecule has 0 aliphatic carbocycles. The van der Waals surface area contributed by atoms with Gasteiger partial charge in [-0.05, 0) is 42.3 Å². The molecule has 0 saturated carbocycles. The van der Waals surface area contributed by atoms with E-state index in [0.717, 1.165) is 18.2 Å². The Kier molecular flexibility index (Phi) is 8.24. The first-order chi connectivity index (χ1) is 9.26. The molecule has 0 saturated heterocycles. The standard InChI is InChI=1S/C17H29NS/c1-5-13-18-17(14(6-2)7-3)15-9-11-16(12-10-15)19-8-4/h9-12,14,17-18H,5-8,13H2,1-4H3. The van der Waals surface area contributed by atoms with E-state index in [9.17, 15) is 0 Å². The summed E-state index contributed by atoms with van der Waals surface area (Å²) < 4.78 is 0. The van der Waals surface area contributed by atoms with E-state index in [1.165, 1.54) is 29.7 Å². The van der Waals surface area contributed by atoms with E-state index in [2.05, 4.69) is 57.3 Å². The predicted molar refractivity (Wildman–Crippen MR) is 87.9 cm³/mol. The summed E-state index contributed by atoms with van der Waals surface area (Å²) in [6.07, 6.45) is 3.67. The zero-order valence-corrected chi connectivity index (χ0v) is 13.7. The smallest absolute Gasteiger partial charge is 0.0348 e. The van der Waals surface area contributed by atoms with Gasteiger partial charge in [-0.3, -0.25) is 0 Å². The van der Waals surface area contributed by atoms with Crippen LogP contribution in [0.5, 0.6) is 0 Å². The third-order valence-electron chi connectivity index (χ3n) is 3.68. The van der Waals surface area contributed by atoms with Gasteiger partial charge in [0, 0.05) is 10.9 Å². The van der Waals surface area contributed by atoms with Crippen molar-refractivity contribution in [2.75, 3.05) is 12.3 Å². The minimum absolute atomic E-state index is 0.510. The van der Waals surface area contributed by atoms with Crippen LogP contribution in [0.3, 0.4) is 0 Å². The predicted octanol–water partition coefficient (Wildman–Crippen LogP) is 5.28. The fraction of sp³-hybridized carbons (Fsp3) is 0.647. The number of thioether (sulfide) groups is 1. The van der Waals surface area contributed by atoms with E-state index in [1.54, 1.807) is 0 Å². The molecule has 1 atom stereocenters. The highest BCUT2D eigenvalue weighted by atomic mass is 32.2. The van der Waals surface area contributed by atoms with Gasteiger partial charge in [0.1, 0.15) is 0 Å². The SMILES string of the molecule is CCCNC(c1ccc(SCC)cc1)C(CC)CC. The zero-order valence-electron chi connectivity index (χ0n) is 12.9. The Hall–Kier alpha value is -0.470. The second-order valence-corrected chi connectivity index (χ2v) is 6.35. The van der Waals surface area contributed by atoms with E-state index in [4.69, 9.17) is 0 Å². The molecule has 0 aliphatic rings. The first-order valence-electron chi connectivity index (χ1n) is 7.72. The monoisotopic (exact) mass is 279 g/mol. The summed E-state index contributed by atoms with van der Waals surface area (Å²) in [5.41, 5.74) is 1.45. The Morgan fingerprint density at radius 1 is 1.00 bits per heavy atom. The van der Waals surface area contributed by atoms with E-state index in [0.29, 0.717) is 6.04 Å². The number of rotatable bonds is 9. The van der Waals surface area contributed by atoms with Crippen molar-refractivity contribution in [3.8, 4) is 0 Å². The van der Waals surface area contributed by atoms with Crippen LogP contribution in [0.2, 0.25) is 0 Å². The minimum Gasteiger partial charge on any atom is -0.310 e. The highest BCUT2D eigenvalue weighted by Gasteiger charge is 2.19. The molecule has 0 bridgehead atoms. The van der Waals surface area contributed by atoms with Gasteiger partial charge in [0.25, 0.3) is 0 Å². The van der Waals surface area contributed by atoms with Gasteiger partial charge in [-0.15, -0.1) is 11.8 Å². The van der Waals surface area contributed by atoms with Crippen molar-refractivity contribution >= 4 is 11.8 Å². The lowest BCUT2D eigenvalue weighted by Gasteiger charge is -2.27. The van der Waals surface area contributed by atoms with Crippen LogP contribution in [0.15, 0.2) is 29.2 Å². The fourth-order valence-electron chi connectivity index (χ4n) is 2.55. The van der Waals surface area contributed by atoms with Crippen LogP contribution in [0.4, 0.5) is 0 Å². The van der Waals surface area contributed by atoms with Crippen LogP contribution in [0, 0.1) is 5.92 Å². The summed E-state index contributed by atoms with van der Waals surface area (Å²) in [6, 6.07) is 9.67. The summed E-state index contributed by atoms with van der Waals surface area (Å²) in [5.74, 6) is 1.87. The molecule has 1 unspecified atom stereocenters. The molecule has 2 heteroatoms. The summed E-state index contributed by atoms with van der Waals surface area (Å²) in [4.78, 5) is 1.38. The maximum Gasteiger partial charge on any atom is 0.0348 e. The third kappa shape index (κ3) is 5.19. The van der Waals surface area contributed by atoms with Crippen LogP contribution >= 0.6 is 11.8 Å². The summed E-state index contributed by atoms with van der Waals surface area (Å²) in [5, 5.41) is 3.73. The normalized spacial score (nSPS) is 12.9. The van der Waals surface area contributed by atoms with Crippen LogP contribution in [0.25, 0.3) is 0 Å². The first kappa shape index (κ1) is 16.6. The minimum atomic E-state index is 0.510. The van der Waals surface area contributed by atoms with Gasteiger partial charge in [-0.25, -0.2) is 0 Å². The van der Waals surface area contributed by atoms with E-state index >= 15 is 0 Å². The van der Waals surface area contributed by atoms with Gasteiger partial charge in [-0.2, -0.15) is 0 Å². The molecule has 0 radical (unpaired) electrons. The Bertz CT molecular complexity index is 330. The summed E-state index contributed by atoms with van der Waals surface area (Å²) in [6.45, 7) is 10.1. The highest BCUT2D eigenvalue weighted by Crippen LogP contribution is 2.29. The number of hydrogen-bond acceptors (Lipinski definition) is 2. The topological polar surface area (TPSA) is 12.0 Å². The molecular formula is C17H29NS.